The van der Waals surface area contributed by atoms with Gasteiger partial charge in [-0.15, -0.1) is 11.3 Å². The predicted molar refractivity (Wildman–Crippen MR) is 92.9 cm³/mol. The molecule has 0 spiro atoms. The lowest BCUT2D eigenvalue weighted by Gasteiger charge is -2.29. The molecule has 0 fully saturated rings. The van der Waals surface area contributed by atoms with Crippen LogP contribution in [0, 0.1) is 20.4 Å². The van der Waals surface area contributed by atoms with Gasteiger partial charge in [0.2, 0.25) is 0 Å². The third-order valence-corrected chi connectivity index (χ3v) is 5.01. The van der Waals surface area contributed by atoms with Crippen molar-refractivity contribution >= 4 is 17.3 Å². The molecule has 0 bridgehead atoms. The second kappa shape index (κ2) is 7.01. The molecule has 0 amide bonds. The number of thiophene rings is 1. The number of aryl methyl sites for hydroxylation is 2. The number of hydrogen-bond donors (Lipinski definition) is 1. The Morgan fingerprint density at radius 2 is 2.13 bits per heavy atom. The Labute approximate surface area is 141 Å². The van der Waals surface area contributed by atoms with Crippen molar-refractivity contribution in [2.75, 3.05) is 7.11 Å². The number of nitrogens with zero attached hydrogens (tertiary/aromatic N) is 1. The van der Waals surface area contributed by atoms with E-state index in [4.69, 9.17) is 11.3 Å². The van der Waals surface area contributed by atoms with E-state index >= 15 is 0 Å². The minimum atomic E-state index is -0.358. The van der Waals surface area contributed by atoms with Crippen LogP contribution in [-0.2, 0) is 9.53 Å². The van der Waals surface area contributed by atoms with Crippen molar-refractivity contribution in [2.24, 2.45) is 0 Å². The first kappa shape index (κ1) is 17.3. The number of allylic oxidation sites excluding steroid dienone is 3. The molecular weight excluding hydrogens is 308 g/mol. The summed E-state index contributed by atoms with van der Waals surface area (Å²) in [5.41, 5.74) is 3.88. The first-order valence-corrected chi connectivity index (χ1v) is 8.49. The van der Waals surface area contributed by atoms with Crippen LogP contribution in [0.5, 0.6) is 0 Å². The minimum Gasteiger partial charge on any atom is -0.466 e. The van der Waals surface area contributed by atoms with Crippen LogP contribution in [0.25, 0.3) is 4.85 Å². The molecule has 2 rings (SSSR count). The highest BCUT2D eigenvalue weighted by Crippen LogP contribution is 2.43. The molecule has 1 atom stereocenters. The van der Waals surface area contributed by atoms with Crippen molar-refractivity contribution in [3.63, 3.8) is 0 Å². The van der Waals surface area contributed by atoms with Crippen molar-refractivity contribution in [3.8, 4) is 0 Å². The Morgan fingerprint density at radius 1 is 1.43 bits per heavy atom. The highest BCUT2D eigenvalue weighted by Gasteiger charge is 2.36. The number of esters is 1. The Morgan fingerprint density at radius 3 is 2.61 bits per heavy atom. The molecule has 1 unspecified atom stereocenters. The van der Waals surface area contributed by atoms with Gasteiger partial charge in [-0.2, -0.15) is 0 Å². The molecule has 122 valence electrons. The zero-order chi connectivity index (χ0) is 17.1. The van der Waals surface area contributed by atoms with Crippen molar-refractivity contribution in [1.29, 1.82) is 0 Å². The predicted octanol–water partition coefficient (Wildman–Crippen LogP) is 4.43. The summed E-state index contributed by atoms with van der Waals surface area (Å²) in [6.45, 7) is 15.7. The van der Waals surface area contributed by atoms with Crippen molar-refractivity contribution in [2.45, 2.75) is 46.5 Å². The number of hydrogen-bond acceptors (Lipinski definition) is 4. The normalized spacial score (nSPS) is 17.8. The zero-order valence-electron chi connectivity index (χ0n) is 14.2. The van der Waals surface area contributed by atoms with Gasteiger partial charge in [-0.25, -0.2) is 9.64 Å². The molecule has 0 radical (unpaired) electrons. The molecule has 0 aliphatic carbocycles. The molecule has 0 saturated heterocycles. The second-order valence-corrected chi connectivity index (χ2v) is 7.14. The van der Waals surface area contributed by atoms with E-state index in [0.717, 1.165) is 34.7 Å². The van der Waals surface area contributed by atoms with Gasteiger partial charge in [0.1, 0.15) is 0 Å². The van der Waals surface area contributed by atoms with E-state index in [0.29, 0.717) is 11.3 Å². The monoisotopic (exact) mass is 330 g/mol. The van der Waals surface area contributed by atoms with Crippen LogP contribution in [0.15, 0.2) is 28.7 Å². The highest BCUT2D eigenvalue weighted by atomic mass is 32.1. The van der Waals surface area contributed by atoms with Gasteiger partial charge >= 0.3 is 5.97 Å². The molecule has 1 aromatic rings. The van der Waals surface area contributed by atoms with Crippen LogP contribution in [0.4, 0.5) is 0 Å². The van der Waals surface area contributed by atoms with Gasteiger partial charge in [-0.1, -0.05) is 13.3 Å². The maximum absolute atomic E-state index is 12.5. The van der Waals surface area contributed by atoms with Crippen molar-refractivity contribution in [1.82, 2.24) is 5.32 Å². The van der Waals surface area contributed by atoms with Gasteiger partial charge in [0.15, 0.2) is 5.70 Å². The third-order valence-electron chi connectivity index (χ3n) is 4.03. The summed E-state index contributed by atoms with van der Waals surface area (Å²) in [4.78, 5) is 18.5. The standard InChI is InChI=1S/C18H22N2O2S/c1-7-8-14-16(18(21)22-6)15(17(19-5)11(3)20-14)13-9-10(2)23-12(13)4/h9,15,20H,7-8H2,1-4,6H3. The van der Waals surface area contributed by atoms with Crippen molar-refractivity contribution < 1.29 is 9.53 Å². The summed E-state index contributed by atoms with van der Waals surface area (Å²) in [5, 5.41) is 3.26. The number of carbonyl (C=O) groups excluding carboxylic acids is 1. The van der Waals surface area contributed by atoms with Crippen LogP contribution >= 0.6 is 11.3 Å². The molecule has 1 N–H and O–H groups in total. The molecule has 0 saturated carbocycles. The van der Waals surface area contributed by atoms with Gasteiger partial charge in [-0.05, 0) is 38.8 Å². The van der Waals surface area contributed by atoms with Crippen molar-refractivity contribution in [3.05, 3.63) is 55.5 Å². The number of carbonyl (C=O) groups is 1. The molecule has 0 aromatic carbocycles. The average molecular weight is 330 g/mol. The molecule has 23 heavy (non-hydrogen) atoms. The van der Waals surface area contributed by atoms with E-state index in [1.807, 2.05) is 20.8 Å². The zero-order valence-corrected chi connectivity index (χ0v) is 15.1. The highest BCUT2D eigenvalue weighted by molar-refractivity contribution is 7.12. The summed E-state index contributed by atoms with van der Waals surface area (Å²) < 4.78 is 5.03. The molecule has 5 heteroatoms. The number of dihydropyridines is 1. The summed E-state index contributed by atoms with van der Waals surface area (Å²) in [5.74, 6) is -0.699. The number of rotatable bonds is 4. The van der Waals surface area contributed by atoms with E-state index in [9.17, 15) is 4.79 Å². The van der Waals surface area contributed by atoms with Crippen LogP contribution < -0.4 is 5.32 Å². The third kappa shape index (κ3) is 3.18. The summed E-state index contributed by atoms with van der Waals surface area (Å²) in [6, 6.07) is 2.08. The number of methoxy groups -OCH3 is 1. The van der Waals surface area contributed by atoms with Crippen LogP contribution in [-0.4, -0.2) is 13.1 Å². The maximum atomic E-state index is 12.5. The average Bonchev–Trinajstić information content (AvgIpc) is 2.84. The first-order valence-electron chi connectivity index (χ1n) is 7.68. The Balaban J connectivity index is 2.71. The fourth-order valence-electron chi connectivity index (χ4n) is 3.07. The van der Waals surface area contributed by atoms with Crippen LogP contribution in [0.2, 0.25) is 0 Å². The number of ether oxygens (including phenoxy) is 1. The SMILES string of the molecule is [C-]#[N+]C1=C(C)NC(CCC)=C(C(=O)OC)C1c1cc(C)sc1C. The Hall–Kier alpha value is -2.06. The molecule has 2 heterocycles. The lowest BCUT2D eigenvalue weighted by atomic mass is 9.83. The maximum Gasteiger partial charge on any atom is 0.335 e. The van der Waals surface area contributed by atoms with Gasteiger partial charge in [0.05, 0.1) is 25.2 Å². The summed E-state index contributed by atoms with van der Waals surface area (Å²) in [7, 11) is 1.39. The summed E-state index contributed by atoms with van der Waals surface area (Å²) >= 11 is 1.69. The first-order chi connectivity index (χ1) is 10.9. The second-order valence-electron chi connectivity index (χ2n) is 5.68. The van der Waals surface area contributed by atoms with Gasteiger partial charge < -0.3 is 10.1 Å². The summed E-state index contributed by atoms with van der Waals surface area (Å²) in [6.07, 6.45) is 1.67. The molecule has 4 nitrogen and oxygen atoms in total. The van der Waals surface area contributed by atoms with E-state index in [1.54, 1.807) is 11.3 Å². The van der Waals surface area contributed by atoms with E-state index in [-0.39, 0.29) is 11.9 Å². The fourth-order valence-corrected chi connectivity index (χ4v) is 4.04. The van der Waals surface area contributed by atoms with Crippen LogP contribution in [0.3, 0.4) is 0 Å². The van der Waals surface area contributed by atoms with E-state index in [1.165, 1.54) is 12.0 Å². The van der Waals surface area contributed by atoms with Gasteiger partial charge in [-0.3, -0.25) is 0 Å². The fraction of sp³-hybridized carbons (Fsp3) is 0.444. The molecule has 1 aliphatic heterocycles. The van der Waals surface area contributed by atoms with E-state index in [2.05, 4.69) is 23.2 Å². The Bertz CT molecular complexity index is 735. The van der Waals surface area contributed by atoms with E-state index < -0.39 is 0 Å². The minimum absolute atomic E-state index is 0.340. The Kier molecular flexibility index (Phi) is 5.27. The topological polar surface area (TPSA) is 42.7 Å². The lowest BCUT2D eigenvalue weighted by Crippen LogP contribution is -2.29. The molecule has 1 aromatic heterocycles. The molecular formula is C18H22N2O2S. The number of nitrogens with one attached hydrogen (secondary N) is 1. The van der Waals surface area contributed by atoms with Gasteiger partial charge in [0, 0.05) is 21.1 Å². The van der Waals surface area contributed by atoms with Gasteiger partial charge in [0.25, 0.3) is 0 Å². The van der Waals surface area contributed by atoms with Crippen LogP contribution in [0.1, 0.15) is 47.9 Å². The smallest absolute Gasteiger partial charge is 0.335 e. The quantitative estimate of drug-likeness (QED) is 0.656. The largest absolute Gasteiger partial charge is 0.466 e. The molecule has 1 aliphatic rings. The lowest BCUT2D eigenvalue weighted by molar-refractivity contribution is -0.136.